The summed E-state index contributed by atoms with van der Waals surface area (Å²) in [5.41, 5.74) is 13.5. The average Bonchev–Trinajstić information content (AvgIpc) is 3.63. The first kappa shape index (κ1) is 33.7. The van der Waals surface area contributed by atoms with Crippen molar-refractivity contribution in [1.29, 1.82) is 0 Å². The van der Waals surface area contributed by atoms with E-state index >= 15 is 0 Å². The Labute approximate surface area is 330 Å². The Kier molecular flexibility index (Phi) is 8.85. The van der Waals surface area contributed by atoms with Gasteiger partial charge in [-0.1, -0.05) is 176 Å². The summed E-state index contributed by atoms with van der Waals surface area (Å²) in [5.74, 6) is 0.783. The van der Waals surface area contributed by atoms with Crippen LogP contribution in [0.5, 0.6) is 0 Å². The monoisotopic (exact) mass is 718 g/mol. The SMILES string of the molecule is C1=CCC(C2c3ccccc3N(c3ccc(-c4ccc(N(c5ccc(-c6ccccc6)cc5)c5cccc6ccccc56)cc4)cc3)C2c2ccccc2)C=C1. The normalized spacial score (nSPS) is 17.2. The van der Waals surface area contributed by atoms with Crippen molar-refractivity contribution >= 4 is 39.2 Å². The van der Waals surface area contributed by atoms with E-state index in [2.05, 4.69) is 234 Å². The van der Waals surface area contributed by atoms with E-state index in [1.54, 1.807) is 0 Å². The molecule has 2 aliphatic rings. The van der Waals surface area contributed by atoms with Gasteiger partial charge in [-0.25, -0.2) is 0 Å². The summed E-state index contributed by atoms with van der Waals surface area (Å²) >= 11 is 0. The molecule has 1 aliphatic heterocycles. The third kappa shape index (κ3) is 6.20. The number of hydrogen-bond acceptors (Lipinski definition) is 2. The van der Waals surface area contributed by atoms with Gasteiger partial charge in [0.25, 0.3) is 0 Å². The summed E-state index contributed by atoms with van der Waals surface area (Å²) in [6.07, 6.45) is 10.2. The highest BCUT2D eigenvalue weighted by atomic mass is 15.2. The molecule has 0 N–H and O–H groups in total. The third-order valence-electron chi connectivity index (χ3n) is 11.6. The number of anilines is 5. The molecule has 3 atom stereocenters. The van der Waals surface area contributed by atoms with E-state index in [0.29, 0.717) is 11.8 Å². The van der Waals surface area contributed by atoms with Gasteiger partial charge in [-0.05, 0) is 99.6 Å². The number of fused-ring (bicyclic) bond motifs is 2. The molecular weight excluding hydrogens is 677 g/mol. The van der Waals surface area contributed by atoms with Crippen LogP contribution in [0.4, 0.5) is 28.4 Å². The van der Waals surface area contributed by atoms with Gasteiger partial charge in [0.2, 0.25) is 0 Å². The molecule has 3 unspecified atom stereocenters. The van der Waals surface area contributed by atoms with Crippen LogP contribution in [-0.4, -0.2) is 0 Å². The maximum absolute atomic E-state index is 2.58. The molecule has 10 rings (SSSR count). The summed E-state index contributed by atoms with van der Waals surface area (Å²) in [7, 11) is 0. The molecule has 0 spiro atoms. The Morgan fingerprint density at radius 1 is 0.464 bits per heavy atom. The minimum atomic E-state index is 0.196. The predicted molar refractivity (Wildman–Crippen MR) is 236 cm³/mol. The number of allylic oxidation sites excluding steroid dienone is 4. The van der Waals surface area contributed by atoms with Crippen molar-refractivity contribution in [3.05, 3.63) is 236 Å². The van der Waals surface area contributed by atoms with Crippen LogP contribution in [0.25, 0.3) is 33.0 Å². The molecule has 0 saturated heterocycles. The minimum Gasteiger partial charge on any atom is -0.333 e. The molecule has 0 fully saturated rings. The van der Waals surface area contributed by atoms with Crippen molar-refractivity contribution in [2.24, 2.45) is 5.92 Å². The highest BCUT2D eigenvalue weighted by Gasteiger charge is 2.43. The number of hydrogen-bond donors (Lipinski definition) is 0. The molecule has 8 aromatic carbocycles. The number of nitrogens with zero attached hydrogens (tertiary/aromatic N) is 2. The molecule has 2 nitrogen and oxygen atoms in total. The molecule has 0 bridgehead atoms. The maximum Gasteiger partial charge on any atom is 0.0666 e. The van der Waals surface area contributed by atoms with E-state index in [4.69, 9.17) is 0 Å². The number of benzene rings is 8. The lowest BCUT2D eigenvalue weighted by atomic mass is 9.77. The lowest BCUT2D eigenvalue weighted by Crippen LogP contribution is -2.25. The molecule has 0 amide bonds. The van der Waals surface area contributed by atoms with Crippen LogP contribution < -0.4 is 9.80 Å². The molecule has 56 heavy (non-hydrogen) atoms. The summed E-state index contributed by atoms with van der Waals surface area (Å²) in [6, 6.07) is 73.3. The van der Waals surface area contributed by atoms with Gasteiger partial charge in [0, 0.05) is 34.1 Å². The first-order valence-electron chi connectivity index (χ1n) is 19.7. The predicted octanol–water partition coefficient (Wildman–Crippen LogP) is 14.8. The lowest BCUT2D eigenvalue weighted by molar-refractivity contribution is 0.455. The first-order valence-corrected chi connectivity index (χ1v) is 19.7. The van der Waals surface area contributed by atoms with Crippen molar-refractivity contribution < 1.29 is 0 Å². The van der Waals surface area contributed by atoms with Crippen molar-refractivity contribution in [2.45, 2.75) is 18.4 Å². The van der Waals surface area contributed by atoms with E-state index in [1.165, 1.54) is 55.5 Å². The Morgan fingerprint density at radius 2 is 1.04 bits per heavy atom. The Balaban J connectivity index is 0.996. The fraction of sp³-hybridized carbons (Fsp3) is 0.0741. The van der Waals surface area contributed by atoms with Crippen LogP contribution in [-0.2, 0) is 0 Å². The van der Waals surface area contributed by atoms with Crippen LogP contribution in [0.15, 0.2) is 224 Å². The van der Waals surface area contributed by atoms with Gasteiger partial charge in [-0.3, -0.25) is 0 Å². The van der Waals surface area contributed by atoms with Crippen molar-refractivity contribution in [3.63, 3.8) is 0 Å². The van der Waals surface area contributed by atoms with E-state index < -0.39 is 0 Å². The molecule has 2 heteroatoms. The molecule has 1 heterocycles. The van der Waals surface area contributed by atoms with Gasteiger partial charge in [0.05, 0.1) is 11.7 Å². The standard InChI is InChI=1S/C54H42N2/c1-4-15-39(16-5-1)40-27-33-46(34-28-40)55(51-26-14-22-43-17-10-11-23-49(43)51)47-35-29-41(30-36-47)42-31-37-48(38-32-42)56-52-25-13-12-24-50(52)53(44-18-6-2-7-19-44)54(56)45-20-8-3-9-21-45/h1-18,20-38,44,53-54H,19H2. The largest absolute Gasteiger partial charge is 0.333 e. The van der Waals surface area contributed by atoms with Crippen LogP contribution in [0.2, 0.25) is 0 Å². The van der Waals surface area contributed by atoms with Crippen molar-refractivity contribution in [1.82, 2.24) is 0 Å². The average molecular weight is 719 g/mol. The smallest absolute Gasteiger partial charge is 0.0666 e. The van der Waals surface area contributed by atoms with E-state index in [1.807, 2.05) is 0 Å². The molecule has 268 valence electrons. The second-order valence-electron chi connectivity index (χ2n) is 14.9. The molecule has 0 radical (unpaired) electrons. The second-order valence-corrected chi connectivity index (χ2v) is 14.9. The Morgan fingerprint density at radius 3 is 1.71 bits per heavy atom. The topological polar surface area (TPSA) is 6.48 Å². The molecule has 0 aromatic heterocycles. The first-order chi connectivity index (χ1) is 27.8. The highest BCUT2D eigenvalue weighted by molar-refractivity contribution is 5.99. The summed E-state index contributed by atoms with van der Waals surface area (Å²) in [4.78, 5) is 4.96. The molecule has 0 saturated carbocycles. The fourth-order valence-electron chi connectivity index (χ4n) is 8.99. The fourth-order valence-corrected chi connectivity index (χ4v) is 8.99. The summed E-state index contributed by atoms with van der Waals surface area (Å²) < 4.78 is 0. The van der Waals surface area contributed by atoms with Gasteiger partial charge >= 0.3 is 0 Å². The van der Waals surface area contributed by atoms with Gasteiger partial charge in [0.15, 0.2) is 0 Å². The maximum atomic E-state index is 2.58. The van der Waals surface area contributed by atoms with Gasteiger partial charge in [-0.2, -0.15) is 0 Å². The number of para-hydroxylation sites is 1. The quantitative estimate of drug-likeness (QED) is 0.154. The Hall–Kier alpha value is -6.90. The third-order valence-corrected chi connectivity index (χ3v) is 11.6. The zero-order chi connectivity index (χ0) is 37.3. The zero-order valence-electron chi connectivity index (χ0n) is 31.2. The van der Waals surface area contributed by atoms with Crippen LogP contribution >= 0.6 is 0 Å². The highest BCUT2D eigenvalue weighted by Crippen LogP contribution is 2.56. The van der Waals surface area contributed by atoms with E-state index in [9.17, 15) is 0 Å². The van der Waals surface area contributed by atoms with Gasteiger partial charge < -0.3 is 9.80 Å². The molecule has 8 aromatic rings. The van der Waals surface area contributed by atoms with Gasteiger partial charge in [0.1, 0.15) is 0 Å². The summed E-state index contributed by atoms with van der Waals surface area (Å²) in [6.45, 7) is 0. The van der Waals surface area contributed by atoms with Crippen LogP contribution in [0.1, 0.15) is 29.5 Å². The van der Waals surface area contributed by atoms with Crippen molar-refractivity contribution in [2.75, 3.05) is 9.80 Å². The molecule has 1 aliphatic carbocycles. The Bertz CT molecular complexity index is 2650. The second kappa shape index (κ2) is 14.7. The van der Waals surface area contributed by atoms with E-state index in [0.717, 1.165) is 23.5 Å². The molecular formula is C54H42N2. The zero-order valence-corrected chi connectivity index (χ0v) is 31.2. The summed E-state index contributed by atoms with van der Waals surface area (Å²) in [5, 5.41) is 2.44. The number of rotatable bonds is 8. The van der Waals surface area contributed by atoms with Crippen molar-refractivity contribution in [3.8, 4) is 22.3 Å². The van der Waals surface area contributed by atoms with E-state index in [-0.39, 0.29) is 6.04 Å². The minimum absolute atomic E-state index is 0.196. The van der Waals surface area contributed by atoms with Crippen LogP contribution in [0, 0.1) is 5.92 Å². The van der Waals surface area contributed by atoms with Gasteiger partial charge in [-0.15, -0.1) is 0 Å². The van der Waals surface area contributed by atoms with Crippen LogP contribution in [0.3, 0.4) is 0 Å². The lowest BCUT2D eigenvalue weighted by Gasteiger charge is -2.34.